The Hall–Kier alpha value is -1.71. The molecule has 1 aromatic rings. The average molecular weight is 220 g/mol. The van der Waals surface area contributed by atoms with Crippen LogP contribution in [-0.4, -0.2) is 19.1 Å². The SMILES string of the molecule is COc1ccc(C(=O)NC2CC2C)c(N)c1. The first-order valence-corrected chi connectivity index (χ1v) is 5.36. The molecule has 4 nitrogen and oxygen atoms in total. The molecule has 4 heteroatoms. The quantitative estimate of drug-likeness (QED) is 0.757. The van der Waals surface area contributed by atoms with E-state index in [4.69, 9.17) is 10.5 Å². The van der Waals surface area contributed by atoms with Crippen LogP contribution in [0.1, 0.15) is 23.7 Å². The molecule has 0 bridgehead atoms. The van der Waals surface area contributed by atoms with Gasteiger partial charge in [0.1, 0.15) is 5.75 Å². The van der Waals surface area contributed by atoms with Crippen LogP contribution in [0.3, 0.4) is 0 Å². The molecular formula is C12H16N2O2. The Labute approximate surface area is 94.8 Å². The number of nitrogens with two attached hydrogens (primary N) is 1. The minimum atomic E-state index is -0.102. The number of benzene rings is 1. The number of carbonyl (C=O) groups excluding carboxylic acids is 1. The van der Waals surface area contributed by atoms with Gasteiger partial charge in [-0.25, -0.2) is 0 Å². The summed E-state index contributed by atoms with van der Waals surface area (Å²) in [5.74, 6) is 1.15. The van der Waals surface area contributed by atoms with E-state index in [1.165, 1.54) is 0 Å². The van der Waals surface area contributed by atoms with Gasteiger partial charge in [0.25, 0.3) is 5.91 Å². The Balaban J connectivity index is 2.10. The highest BCUT2D eigenvalue weighted by Crippen LogP contribution is 2.29. The van der Waals surface area contributed by atoms with Gasteiger partial charge in [0.15, 0.2) is 0 Å². The minimum Gasteiger partial charge on any atom is -0.497 e. The summed E-state index contributed by atoms with van der Waals surface area (Å²) in [5, 5.41) is 2.94. The third-order valence-electron chi connectivity index (χ3n) is 2.93. The van der Waals surface area contributed by atoms with Gasteiger partial charge in [-0.1, -0.05) is 6.92 Å². The molecule has 0 aliphatic heterocycles. The maximum atomic E-state index is 11.8. The van der Waals surface area contributed by atoms with E-state index in [1.807, 2.05) is 0 Å². The van der Waals surface area contributed by atoms with E-state index in [1.54, 1.807) is 25.3 Å². The fourth-order valence-corrected chi connectivity index (χ4v) is 1.64. The maximum absolute atomic E-state index is 11.8. The molecule has 86 valence electrons. The summed E-state index contributed by atoms with van der Waals surface area (Å²) in [6.45, 7) is 2.11. The molecule has 2 unspecified atom stereocenters. The van der Waals surface area contributed by atoms with Crippen molar-refractivity contribution in [3.63, 3.8) is 0 Å². The van der Waals surface area contributed by atoms with Gasteiger partial charge in [-0.3, -0.25) is 4.79 Å². The zero-order valence-electron chi connectivity index (χ0n) is 9.49. The molecule has 1 amide bonds. The van der Waals surface area contributed by atoms with Gasteiger partial charge in [-0.15, -0.1) is 0 Å². The highest BCUT2D eigenvalue weighted by Gasteiger charge is 2.34. The first kappa shape index (κ1) is 10.8. The van der Waals surface area contributed by atoms with Crippen molar-refractivity contribution in [1.82, 2.24) is 5.32 Å². The van der Waals surface area contributed by atoms with E-state index in [0.717, 1.165) is 6.42 Å². The summed E-state index contributed by atoms with van der Waals surface area (Å²) < 4.78 is 5.03. The van der Waals surface area contributed by atoms with E-state index in [2.05, 4.69) is 12.2 Å². The second kappa shape index (κ2) is 4.04. The van der Waals surface area contributed by atoms with Crippen LogP contribution < -0.4 is 15.8 Å². The van der Waals surface area contributed by atoms with Crippen LogP contribution in [0.5, 0.6) is 5.75 Å². The molecule has 1 aromatic carbocycles. The van der Waals surface area contributed by atoms with E-state index in [9.17, 15) is 4.79 Å². The van der Waals surface area contributed by atoms with Crippen molar-refractivity contribution in [2.75, 3.05) is 12.8 Å². The monoisotopic (exact) mass is 220 g/mol. The molecule has 0 radical (unpaired) electrons. The number of rotatable bonds is 3. The summed E-state index contributed by atoms with van der Waals surface area (Å²) in [6, 6.07) is 5.40. The third-order valence-corrected chi connectivity index (χ3v) is 2.93. The molecule has 1 saturated carbocycles. The Kier molecular flexibility index (Phi) is 2.73. The van der Waals surface area contributed by atoms with Crippen molar-refractivity contribution in [3.8, 4) is 5.75 Å². The van der Waals surface area contributed by atoms with Gasteiger partial charge in [0.05, 0.1) is 12.7 Å². The van der Waals surface area contributed by atoms with Gasteiger partial charge in [-0.2, -0.15) is 0 Å². The number of carbonyl (C=O) groups is 1. The number of amides is 1. The van der Waals surface area contributed by atoms with E-state index in [0.29, 0.717) is 29.0 Å². The molecule has 16 heavy (non-hydrogen) atoms. The lowest BCUT2D eigenvalue weighted by molar-refractivity contribution is 0.0950. The molecule has 1 aliphatic rings. The first-order chi connectivity index (χ1) is 7.61. The van der Waals surface area contributed by atoms with E-state index >= 15 is 0 Å². The number of hydrogen-bond acceptors (Lipinski definition) is 3. The Morgan fingerprint density at radius 1 is 1.56 bits per heavy atom. The molecule has 1 fully saturated rings. The zero-order chi connectivity index (χ0) is 11.7. The molecule has 0 spiro atoms. The molecular weight excluding hydrogens is 204 g/mol. The van der Waals surface area contributed by atoms with Crippen molar-refractivity contribution in [2.45, 2.75) is 19.4 Å². The third kappa shape index (κ3) is 2.10. The predicted octanol–water partition coefficient (Wildman–Crippen LogP) is 1.42. The highest BCUT2D eigenvalue weighted by atomic mass is 16.5. The van der Waals surface area contributed by atoms with Crippen molar-refractivity contribution in [1.29, 1.82) is 0 Å². The van der Waals surface area contributed by atoms with Crippen LogP contribution in [0.2, 0.25) is 0 Å². The van der Waals surface area contributed by atoms with Gasteiger partial charge < -0.3 is 15.8 Å². The summed E-state index contributed by atoms with van der Waals surface area (Å²) in [4.78, 5) is 11.8. The molecule has 1 aliphatic carbocycles. The Morgan fingerprint density at radius 2 is 2.25 bits per heavy atom. The second-order valence-electron chi connectivity index (χ2n) is 4.25. The minimum absolute atomic E-state index is 0.102. The van der Waals surface area contributed by atoms with Crippen LogP contribution in [-0.2, 0) is 0 Å². The van der Waals surface area contributed by atoms with Crippen molar-refractivity contribution in [3.05, 3.63) is 23.8 Å². The lowest BCUT2D eigenvalue weighted by Gasteiger charge is -2.08. The lowest BCUT2D eigenvalue weighted by Crippen LogP contribution is -2.27. The Bertz CT molecular complexity index is 417. The van der Waals surface area contributed by atoms with Crippen LogP contribution >= 0.6 is 0 Å². The summed E-state index contributed by atoms with van der Waals surface area (Å²) >= 11 is 0. The number of anilines is 1. The predicted molar refractivity (Wildman–Crippen MR) is 62.4 cm³/mol. The number of methoxy groups -OCH3 is 1. The van der Waals surface area contributed by atoms with Crippen LogP contribution in [0.15, 0.2) is 18.2 Å². The van der Waals surface area contributed by atoms with Gasteiger partial charge in [0, 0.05) is 17.8 Å². The second-order valence-corrected chi connectivity index (χ2v) is 4.25. The first-order valence-electron chi connectivity index (χ1n) is 5.36. The number of hydrogen-bond donors (Lipinski definition) is 2. The van der Waals surface area contributed by atoms with E-state index in [-0.39, 0.29) is 5.91 Å². The van der Waals surface area contributed by atoms with Crippen LogP contribution in [0.25, 0.3) is 0 Å². The van der Waals surface area contributed by atoms with Crippen molar-refractivity contribution in [2.24, 2.45) is 5.92 Å². The Morgan fingerprint density at radius 3 is 2.75 bits per heavy atom. The number of nitrogens with one attached hydrogen (secondary N) is 1. The lowest BCUT2D eigenvalue weighted by atomic mass is 10.1. The molecule has 2 rings (SSSR count). The van der Waals surface area contributed by atoms with Gasteiger partial charge in [-0.05, 0) is 24.5 Å². The standard InChI is InChI=1S/C12H16N2O2/c1-7-5-11(7)14-12(15)9-4-3-8(16-2)6-10(9)13/h3-4,6-7,11H,5,13H2,1-2H3,(H,14,15). The fraction of sp³-hybridized carbons (Fsp3) is 0.417. The number of ether oxygens (including phenoxy) is 1. The normalized spacial score (nSPS) is 22.6. The summed E-state index contributed by atoms with van der Waals surface area (Å²) in [6.07, 6.45) is 1.06. The number of nitrogen functional groups attached to an aromatic ring is 1. The maximum Gasteiger partial charge on any atom is 0.253 e. The largest absolute Gasteiger partial charge is 0.497 e. The molecule has 0 heterocycles. The van der Waals surface area contributed by atoms with Crippen LogP contribution in [0.4, 0.5) is 5.69 Å². The van der Waals surface area contributed by atoms with Crippen LogP contribution in [0, 0.1) is 5.92 Å². The molecule has 0 saturated heterocycles. The average Bonchev–Trinajstić information content (AvgIpc) is 2.93. The van der Waals surface area contributed by atoms with Gasteiger partial charge >= 0.3 is 0 Å². The smallest absolute Gasteiger partial charge is 0.253 e. The molecule has 3 N–H and O–H groups in total. The summed E-state index contributed by atoms with van der Waals surface area (Å²) in [5.41, 5.74) is 6.75. The summed E-state index contributed by atoms with van der Waals surface area (Å²) in [7, 11) is 1.57. The van der Waals surface area contributed by atoms with Crippen molar-refractivity contribution < 1.29 is 9.53 Å². The molecule has 0 aromatic heterocycles. The van der Waals surface area contributed by atoms with E-state index < -0.39 is 0 Å². The molecule has 2 atom stereocenters. The zero-order valence-corrected chi connectivity index (χ0v) is 9.49. The van der Waals surface area contributed by atoms with Crippen molar-refractivity contribution >= 4 is 11.6 Å². The fourth-order valence-electron chi connectivity index (χ4n) is 1.64. The van der Waals surface area contributed by atoms with Gasteiger partial charge in [0.2, 0.25) is 0 Å². The highest BCUT2D eigenvalue weighted by molar-refractivity contribution is 5.99. The topological polar surface area (TPSA) is 64.3 Å².